The molecule has 0 spiro atoms. The number of hydrogen-bond donors (Lipinski definition) is 2. The van der Waals surface area contributed by atoms with Gasteiger partial charge >= 0.3 is 5.97 Å². The summed E-state index contributed by atoms with van der Waals surface area (Å²) in [7, 11) is 0. The summed E-state index contributed by atoms with van der Waals surface area (Å²) >= 11 is 1.70. The van der Waals surface area contributed by atoms with Gasteiger partial charge in [-0.1, -0.05) is 0 Å². The number of carbonyl (C=O) groups is 1. The Bertz CT molecular complexity index is 444. The van der Waals surface area contributed by atoms with Crippen molar-refractivity contribution in [3.8, 4) is 0 Å². The molecule has 0 bridgehead atoms. The molecule has 0 saturated heterocycles. The fraction of sp³-hybridized carbons (Fsp3) is 0.250. The molecule has 0 saturated carbocycles. The minimum absolute atomic E-state index is 0.138. The van der Waals surface area contributed by atoms with Crippen molar-refractivity contribution in [3.63, 3.8) is 0 Å². The number of nitrogens with one attached hydrogen (secondary N) is 1. The Morgan fingerprint density at radius 1 is 1.60 bits per heavy atom. The van der Waals surface area contributed by atoms with Crippen LogP contribution >= 0.6 is 22.6 Å². The first-order valence-electron chi connectivity index (χ1n) is 3.83. The van der Waals surface area contributed by atoms with E-state index in [4.69, 9.17) is 5.11 Å². The number of carboxylic acid groups (broad SMARTS) is 1. The summed E-state index contributed by atoms with van der Waals surface area (Å²) in [5.74, 6) is -1.23. The first-order valence-corrected chi connectivity index (χ1v) is 4.91. The first kappa shape index (κ1) is 12.1. The standard InChI is InChI=1S/C8H6F2INO3/c9-7(10)4-2-12-8(11)3(6(4)15)1-5(13)14/h2,7H,1H2,(H,12,15)(H,13,14). The largest absolute Gasteiger partial charge is 0.481 e. The van der Waals surface area contributed by atoms with Crippen LogP contribution < -0.4 is 5.43 Å². The van der Waals surface area contributed by atoms with Crippen molar-refractivity contribution in [3.05, 3.63) is 31.2 Å². The summed E-state index contributed by atoms with van der Waals surface area (Å²) in [5.41, 5.74) is -1.75. The number of alkyl halides is 2. The highest BCUT2D eigenvalue weighted by atomic mass is 127. The molecule has 0 aliphatic carbocycles. The topological polar surface area (TPSA) is 70.2 Å². The minimum atomic E-state index is -2.90. The predicted octanol–water partition coefficient (Wildman–Crippen LogP) is 1.54. The van der Waals surface area contributed by atoms with Crippen LogP contribution in [0.5, 0.6) is 0 Å². The third kappa shape index (κ3) is 2.74. The Morgan fingerprint density at radius 3 is 2.67 bits per heavy atom. The first-order chi connectivity index (χ1) is 6.93. The van der Waals surface area contributed by atoms with Crippen LogP contribution in [0.15, 0.2) is 11.0 Å². The monoisotopic (exact) mass is 329 g/mol. The highest BCUT2D eigenvalue weighted by Gasteiger charge is 2.18. The second kappa shape index (κ2) is 4.69. The van der Waals surface area contributed by atoms with Gasteiger partial charge in [-0.3, -0.25) is 9.59 Å². The number of aromatic amines is 1. The van der Waals surface area contributed by atoms with Crippen LogP contribution in [-0.2, 0) is 11.2 Å². The molecular weight excluding hydrogens is 323 g/mol. The molecule has 1 rings (SSSR count). The van der Waals surface area contributed by atoms with E-state index in [0.29, 0.717) is 0 Å². The lowest BCUT2D eigenvalue weighted by atomic mass is 10.1. The lowest BCUT2D eigenvalue weighted by Gasteiger charge is -2.04. The van der Waals surface area contributed by atoms with Gasteiger partial charge < -0.3 is 10.1 Å². The van der Waals surface area contributed by atoms with Gasteiger partial charge in [0.1, 0.15) is 0 Å². The van der Waals surface area contributed by atoms with Crippen LogP contribution in [0, 0.1) is 3.70 Å². The molecule has 0 radical (unpaired) electrons. The second-order valence-electron chi connectivity index (χ2n) is 2.74. The molecule has 0 aliphatic rings. The normalized spacial score (nSPS) is 10.7. The maximum absolute atomic E-state index is 12.3. The van der Waals surface area contributed by atoms with E-state index in [1.165, 1.54) is 0 Å². The van der Waals surface area contributed by atoms with Crippen molar-refractivity contribution >= 4 is 28.6 Å². The summed E-state index contributed by atoms with van der Waals surface area (Å²) in [6.45, 7) is 0. The molecule has 4 nitrogen and oxygen atoms in total. The van der Waals surface area contributed by atoms with Crippen LogP contribution in [0.1, 0.15) is 17.6 Å². The molecule has 1 heterocycles. The summed E-state index contributed by atoms with van der Waals surface area (Å²) in [5, 5.41) is 8.50. The fourth-order valence-electron chi connectivity index (χ4n) is 1.04. The lowest BCUT2D eigenvalue weighted by Crippen LogP contribution is -2.20. The van der Waals surface area contributed by atoms with Crippen LogP contribution in [0.4, 0.5) is 8.78 Å². The Hall–Kier alpha value is -0.990. The van der Waals surface area contributed by atoms with Gasteiger partial charge in [0.2, 0.25) is 0 Å². The molecule has 2 N–H and O–H groups in total. The van der Waals surface area contributed by atoms with E-state index in [-0.39, 0.29) is 9.26 Å². The summed E-state index contributed by atoms with van der Waals surface area (Å²) in [4.78, 5) is 24.2. The Labute approximate surface area is 96.5 Å². The average molecular weight is 329 g/mol. The van der Waals surface area contributed by atoms with E-state index in [2.05, 4.69) is 4.98 Å². The number of aromatic nitrogens is 1. The van der Waals surface area contributed by atoms with Crippen LogP contribution in [0.25, 0.3) is 0 Å². The van der Waals surface area contributed by atoms with E-state index < -0.39 is 29.8 Å². The van der Waals surface area contributed by atoms with Crippen LogP contribution in [-0.4, -0.2) is 16.1 Å². The summed E-state index contributed by atoms with van der Waals surface area (Å²) in [6, 6.07) is 0. The zero-order valence-corrected chi connectivity index (χ0v) is 9.42. The number of H-pyrrole nitrogens is 1. The third-order valence-electron chi connectivity index (χ3n) is 1.72. The molecule has 82 valence electrons. The number of aliphatic carboxylic acids is 1. The highest BCUT2D eigenvalue weighted by molar-refractivity contribution is 14.1. The van der Waals surface area contributed by atoms with Crippen molar-refractivity contribution in [2.45, 2.75) is 12.8 Å². The van der Waals surface area contributed by atoms with Gasteiger partial charge in [0.05, 0.1) is 15.7 Å². The second-order valence-corrected chi connectivity index (χ2v) is 3.82. The van der Waals surface area contributed by atoms with Gasteiger partial charge in [-0.25, -0.2) is 8.78 Å². The molecule has 0 aliphatic heterocycles. The smallest absolute Gasteiger partial charge is 0.308 e. The van der Waals surface area contributed by atoms with Gasteiger partial charge in [-0.2, -0.15) is 0 Å². The van der Waals surface area contributed by atoms with Crippen molar-refractivity contribution < 1.29 is 18.7 Å². The average Bonchev–Trinajstić information content (AvgIpc) is 2.11. The SMILES string of the molecule is O=C(O)Cc1c(I)[nH]cc(C(F)F)c1=O. The van der Waals surface area contributed by atoms with Crippen molar-refractivity contribution in [1.29, 1.82) is 0 Å². The number of hydrogen-bond acceptors (Lipinski definition) is 2. The Morgan fingerprint density at radius 2 is 2.20 bits per heavy atom. The zero-order chi connectivity index (χ0) is 11.6. The number of pyridine rings is 1. The quantitative estimate of drug-likeness (QED) is 0.653. The zero-order valence-electron chi connectivity index (χ0n) is 7.26. The van der Waals surface area contributed by atoms with Gasteiger partial charge in [0.25, 0.3) is 6.43 Å². The lowest BCUT2D eigenvalue weighted by molar-refractivity contribution is -0.136. The molecule has 15 heavy (non-hydrogen) atoms. The van der Waals surface area contributed by atoms with Crippen molar-refractivity contribution in [1.82, 2.24) is 4.98 Å². The Kier molecular flexibility index (Phi) is 3.77. The molecule has 0 aromatic carbocycles. The number of carboxylic acids is 1. The van der Waals surface area contributed by atoms with Gasteiger partial charge in [0.15, 0.2) is 5.43 Å². The third-order valence-corrected chi connectivity index (χ3v) is 2.68. The number of halogens is 3. The van der Waals surface area contributed by atoms with Gasteiger partial charge in [0, 0.05) is 11.8 Å². The molecule has 0 atom stereocenters. The molecule has 1 aromatic heterocycles. The molecule has 0 amide bonds. The van der Waals surface area contributed by atoms with E-state index in [1.54, 1.807) is 22.6 Å². The van der Waals surface area contributed by atoms with E-state index >= 15 is 0 Å². The van der Waals surface area contributed by atoms with Crippen molar-refractivity contribution in [2.75, 3.05) is 0 Å². The van der Waals surface area contributed by atoms with Crippen LogP contribution in [0.2, 0.25) is 0 Å². The van der Waals surface area contributed by atoms with Crippen LogP contribution in [0.3, 0.4) is 0 Å². The summed E-state index contributed by atoms with van der Waals surface area (Å²) < 4.78 is 24.9. The molecule has 0 unspecified atom stereocenters. The van der Waals surface area contributed by atoms with Gasteiger partial charge in [-0.05, 0) is 22.6 Å². The van der Waals surface area contributed by atoms with E-state index in [9.17, 15) is 18.4 Å². The number of rotatable bonds is 3. The van der Waals surface area contributed by atoms with E-state index in [0.717, 1.165) is 6.20 Å². The molecule has 7 heteroatoms. The fourth-order valence-corrected chi connectivity index (χ4v) is 1.63. The maximum Gasteiger partial charge on any atom is 0.308 e. The van der Waals surface area contributed by atoms with Gasteiger partial charge in [-0.15, -0.1) is 0 Å². The molecule has 0 fully saturated rings. The molecular formula is C8H6F2INO3. The maximum atomic E-state index is 12.3. The summed E-state index contributed by atoms with van der Waals surface area (Å²) in [6.07, 6.45) is -2.56. The Balaban J connectivity index is 3.30. The van der Waals surface area contributed by atoms with E-state index in [1.807, 2.05) is 0 Å². The van der Waals surface area contributed by atoms with Crippen molar-refractivity contribution in [2.24, 2.45) is 0 Å². The minimum Gasteiger partial charge on any atom is -0.481 e. The highest BCUT2D eigenvalue weighted by Crippen LogP contribution is 2.16. The predicted molar refractivity (Wildman–Crippen MR) is 56.1 cm³/mol. The molecule has 1 aromatic rings.